The van der Waals surface area contributed by atoms with Crippen molar-refractivity contribution in [1.29, 1.82) is 0 Å². The fourth-order valence-electron chi connectivity index (χ4n) is 3.54. The molecule has 3 aromatic rings. The Morgan fingerprint density at radius 3 is 2.43 bits per heavy atom. The van der Waals surface area contributed by atoms with Gasteiger partial charge in [-0.3, -0.25) is 4.79 Å². The van der Waals surface area contributed by atoms with Crippen LogP contribution in [0.5, 0.6) is 5.75 Å². The Morgan fingerprint density at radius 2 is 1.67 bits per heavy atom. The average Bonchev–Trinajstić information content (AvgIpc) is 3.10. The molecule has 0 spiro atoms. The van der Waals surface area contributed by atoms with E-state index in [1.54, 1.807) is 37.3 Å². The fourth-order valence-corrected chi connectivity index (χ4v) is 3.54. The number of esters is 1. The summed E-state index contributed by atoms with van der Waals surface area (Å²) >= 11 is 0. The predicted molar refractivity (Wildman–Crippen MR) is 110 cm³/mol. The molecule has 1 heterocycles. The van der Waals surface area contributed by atoms with Crippen molar-refractivity contribution in [2.24, 2.45) is 0 Å². The lowest BCUT2D eigenvalue weighted by Gasteiger charge is -2.24. The zero-order valence-electron chi connectivity index (χ0n) is 16.7. The molecule has 1 aliphatic rings. The van der Waals surface area contributed by atoms with Gasteiger partial charge in [-0.15, -0.1) is 0 Å². The number of rotatable bonds is 6. The Kier molecular flexibility index (Phi) is 5.79. The van der Waals surface area contributed by atoms with Crippen molar-refractivity contribution in [3.05, 3.63) is 78.4 Å². The molecule has 0 amide bonds. The van der Waals surface area contributed by atoms with Crippen molar-refractivity contribution in [1.82, 2.24) is 0 Å². The van der Waals surface area contributed by atoms with E-state index in [-0.39, 0.29) is 5.78 Å². The van der Waals surface area contributed by atoms with Crippen LogP contribution in [0.3, 0.4) is 0 Å². The Labute approximate surface area is 174 Å². The summed E-state index contributed by atoms with van der Waals surface area (Å²) in [6.45, 7) is 1.68. The molecule has 4 rings (SSSR count). The molecule has 0 N–H and O–H groups in total. The molecule has 0 radical (unpaired) electrons. The van der Waals surface area contributed by atoms with Crippen LogP contribution in [0.1, 0.15) is 17.3 Å². The number of carbonyl (C=O) groups excluding carboxylic acids is 2. The van der Waals surface area contributed by atoms with Gasteiger partial charge in [-0.25, -0.2) is 4.79 Å². The standard InChI is InChI=1S/C24H22O6/c1-15(28-23(26)17-10-4-3-5-11-17)21-22(20(25)24(27-2)30-21)29-19-14-8-12-16-9-6-7-13-18(16)19/h3-15,21-22,24H,1-2H3/t15?,21-,22+,24+/m1/s1. The van der Waals surface area contributed by atoms with Crippen LogP contribution in [0, 0.1) is 0 Å². The number of ether oxygens (including phenoxy) is 4. The van der Waals surface area contributed by atoms with E-state index in [2.05, 4.69) is 0 Å². The van der Waals surface area contributed by atoms with Crippen molar-refractivity contribution < 1.29 is 28.5 Å². The van der Waals surface area contributed by atoms with Gasteiger partial charge in [-0.05, 0) is 30.5 Å². The summed E-state index contributed by atoms with van der Waals surface area (Å²) in [7, 11) is 1.39. The SMILES string of the molecule is CO[C@H]1O[C@H](C(C)OC(=O)c2ccccc2)[C@@H](Oc2cccc3ccccc23)C1=O. The van der Waals surface area contributed by atoms with Gasteiger partial charge in [0.05, 0.1) is 5.56 Å². The normalized spacial score (nSPS) is 22.1. The lowest BCUT2D eigenvalue weighted by Crippen LogP contribution is -2.41. The molecule has 1 unspecified atom stereocenters. The van der Waals surface area contributed by atoms with Crippen LogP contribution < -0.4 is 4.74 Å². The quantitative estimate of drug-likeness (QED) is 0.581. The second-order valence-corrected chi connectivity index (χ2v) is 7.06. The van der Waals surface area contributed by atoms with E-state index in [4.69, 9.17) is 18.9 Å². The second kappa shape index (κ2) is 8.65. The van der Waals surface area contributed by atoms with E-state index < -0.39 is 30.6 Å². The van der Waals surface area contributed by atoms with Crippen LogP contribution in [0.4, 0.5) is 0 Å². The van der Waals surface area contributed by atoms with Crippen molar-refractivity contribution in [3.63, 3.8) is 0 Å². The van der Waals surface area contributed by atoms with Crippen LogP contribution in [-0.4, -0.2) is 43.5 Å². The molecule has 3 aromatic carbocycles. The lowest BCUT2D eigenvalue weighted by molar-refractivity contribution is -0.157. The van der Waals surface area contributed by atoms with Crippen molar-refractivity contribution >= 4 is 22.5 Å². The highest BCUT2D eigenvalue weighted by Gasteiger charge is 2.49. The van der Waals surface area contributed by atoms with Gasteiger partial charge >= 0.3 is 5.97 Å². The highest BCUT2D eigenvalue weighted by molar-refractivity contribution is 5.92. The fraction of sp³-hybridized carbons (Fsp3) is 0.250. The number of fused-ring (bicyclic) bond motifs is 1. The summed E-state index contributed by atoms with van der Waals surface area (Å²) in [5, 5.41) is 1.87. The van der Waals surface area contributed by atoms with Gasteiger partial charge in [0.25, 0.3) is 0 Å². The van der Waals surface area contributed by atoms with E-state index in [1.165, 1.54) is 7.11 Å². The third kappa shape index (κ3) is 3.92. The zero-order chi connectivity index (χ0) is 21.1. The Hall–Kier alpha value is -3.22. The first kappa shape index (κ1) is 20.1. The van der Waals surface area contributed by atoms with Gasteiger partial charge in [0.15, 0.2) is 6.10 Å². The second-order valence-electron chi connectivity index (χ2n) is 7.06. The third-order valence-corrected chi connectivity index (χ3v) is 5.07. The maximum Gasteiger partial charge on any atom is 0.338 e. The van der Waals surface area contributed by atoms with Crippen molar-refractivity contribution in [2.45, 2.75) is 31.5 Å². The summed E-state index contributed by atoms with van der Waals surface area (Å²) in [5.41, 5.74) is 0.420. The van der Waals surface area contributed by atoms with Crippen LogP contribution in [0.15, 0.2) is 72.8 Å². The van der Waals surface area contributed by atoms with E-state index in [0.717, 1.165) is 10.8 Å². The first-order chi connectivity index (χ1) is 14.6. The monoisotopic (exact) mass is 406 g/mol. The van der Waals surface area contributed by atoms with Crippen LogP contribution in [0.25, 0.3) is 10.8 Å². The molecule has 6 nitrogen and oxygen atoms in total. The van der Waals surface area contributed by atoms with Gasteiger partial charge < -0.3 is 18.9 Å². The van der Waals surface area contributed by atoms with Gasteiger partial charge in [0.2, 0.25) is 12.1 Å². The molecule has 4 atom stereocenters. The van der Waals surface area contributed by atoms with E-state index in [1.807, 2.05) is 42.5 Å². The molecular formula is C24H22O6. The molecule has 1 fully saturated rings. The Balaban J connectivity index is 1.58. The maximum atomic E-state index is 12.8. The third-order valence-electron chi connectivity index (χ3n) is 5.07. The molecule has 6 heteroatoms. The summed E-state index contributed by atoms with van der Waals surface area (Å²) in [6.07, 6.45) is -3.59. The van der Waals surface area contributed by atoms with E-state index in [9.17, 15) is 9.59 Å². The van der Waals surface area contributed by atoms with Crippen LogP contribution in [0.2, 0.25) is 0 Å². The molecule has 30 heavy (non-hydrogen) atoms. The van der Waals surface area contributed by atoms with Crippen LogP contribution >= 0.6 is 0 Å². The number of ketones is 1. The minimum absolute atomic E-state index is 0.349. The van der Waals surface area contributed by atoms with Crippen molar-refractivity contribution in [2.75, 3.05) is 7.11 Å². The van der Waals surface area contributed by atoms with Gasteiger partial charge in [0.1, 0.15) is 18.0 Å². The number of Topliss-reactive ketones (excluding diaryl/α,β-unsaturated/α-hetero) is 1. The maximum absolute atomic E-state index is 12.8. The van der Waals surface area contributed by atoms with Gasteiger partial charge in [-0.2, -0.15) is 0 Å². The number of benzene rings is 3. The molecular weight excluding hydrogens is 384 g/mol. The van der Waals surface area contributed by atoms with Gasteiger partial charge in [-0.1, -0.05) is 54.6 Å². The number of methoxy groups -OCH3 is 1. The molecule has 1 aliphatic heterocycles. The van der Waals surface area contributed by atoms with Gasteiger partial charge in [0, 0.05) is 12.5 Å². The van der Waals surface area contributed by atoms with Crippen molar-refractivity contribution in [3.8, 4) is 5.75 Å². The number of carbonyl (C=O) groups is 2. The predicted octanol–water partition coefficient (Wildman–Crippen LogP) is 3.77. The molecule has 0 bridgehead atoms. The average molecular weight is 406 g/mol. The molecule has 0 saturated carbocycles. The Bertz CT molecular complexity index is 1040. The minimum Gasteiger partial charge on any atom is -0.479 e. The summed E-state index contributed by atoms with van der Waals surface area (Å²) in [5.74, 6) is -0.291. The van der Waals surface area contributed by atoms with E-state index in [0.29, 0.717) is 11.3 Å². The summed E-state index contributed by atoms with van der Waals surface area (Å²) in [4.78, 5) is 25.3. The summed E-state index contributed by atoms with van der Waals surface area (Å²) < 4.78 is 22.6. The number of hydrogen-bond donors (Lipinski definition) is 0. The molecule has 154 valence electrons. The lowest BCUT2D eigenvalue weighted by atomic mass is 10.1. The highest BCUT2D eigenvalue weighted by Crippen LogP contribution is 2.31. The first-order valence-electron chi connectivity index (χ1n) is 9.71. The van der Waals surface area contributed by atoms with Crippen LogP contribution in [-0.2, 0) is 19.0 Å². The first-order valence-corrected chi connectivity index (χ1v) is 9.71. The smallest absolute Gasteiger partial charge is 0.338 e. The topological polar surface area (TPSA) is 71.1 Å². The Morgan fingerprint density at radius 1 is 0.967 bits per heavy atom. The highest BCUT2D eigenvalue weighted by atomic mass is 16.7. The minimum atomic E-state index is -1.08. The number of hydrogen-bond acceptors (Lipinski definition) is 6. The molecule has 1 saturated heterocycles. The molecule has 0 aliphatic carbocycles. The molecule has 0 aromatic heterocycles. The summed E-state index contributed by atoms with van der Waals surface area (Å²) in [6, 6.07) is 22.0. The van der Waals surface area contributed by atoms with E-state index >= 15 is 0 Å². The zero-order valence-corrected chi connectivity index (χ0v) is 16.7. The largest absolute Gasteiger partial charge is 0.479 e.